The molecule has 0 fully saturated rings. The van der Waals surface area contributed by atoms with Crippen molar-refractivity contribution < 1.29 is 5.11 Å². The highest BCUT2D eigenvalue weighted by Crippen LogP contribution is 2.25. The minimum Gasteiger partial charge on any atom is -0.386 e. The molecule has 1 nitrogen and oxygen atoms in total. The fourth-order valence-corrected chi connectivity index (χ4v) is 3.16. The quantitative estimate of drug-likeness (QED) is 0.690. The molecule has 0 atom stereocenters. The number of hydrogen-bond acceptors (Lipinski definition) is 1. The molecule has 1 N–H and O–H groups in total. The van der Waals surface area contributed by atoms with Gasteiger partial charge in [0, 0.05) is 0 Å². The monoisotopic (exact) mass is 200 g/mol. The van der Waals surface area contributed by atoms with Crippen LogP contribution in [0.5, 0.6) is 0 Å². The van der Waals surface area contributed by atoms with Crippen molar-refractivity contribution in [1.82, 2.24) is 0 Å². The Labute approximate surface area is 83.9 Å². The van der Waals surface area contributed by atoms with Gasteiger partial charge in [-0.25, -0.2) is 0 Å². The molecule has 0 aliphatic heterocycles. The first-order valence-corrected chi connectivity index (χ1v) is 8.75. The van der Waals surface area contributed by atoms with Crippen LogP contribution in [0.4, 0.5) is 0 Å². The Bertz CT molecular complexity index is 185. The average molecular weight is 200 g/mol. The van der Waals surface area contributed by atoms with Crippen molar-refractivity contribution in [2.75, 3.05) is 0 Å². The fraction of sp³-hybridized carbons (Fsp3) is 0.818. The van der Waals surface area contributed by atoms with Crippen LogP contribution in [0, 0.1) is 0 Å². The first-order chi connectivity index (χ1) is 5.75. The highest BCUT2D eigenvalue weighted by molar-refractivity contribution is 6.81. The van der Waals surface area contributed by atoms with Crippen molar-refractivity contribution in [3.8, 4) is 0 Å². The lowest BCUT2D eigenvalue weighted by atomic mass is 9.90. The summed E-state index contributed by atoms with van der Waals surface area (Å²) in [5.74, 6) is 0. The maximum Gasteiger partial charge on any atom is 0.0845 e. The first-order valence-electron chi connectivity index (χ1n) is 5.17. The molecular formula is C11H24OSi. The Morgan fingerprint density at radius 3 is 1.85 bits per heavy atom. The molecule has 0 heterocycles. The molecule has 13 heavy (non-hydrogen) atoms. The Morgan fingerprint density at radius 2 is 1.62 bits per heavy atom. The molecule has 2 heteroatoms. The van der Waals surface area contributed by atoms with Crippen molar-refractivity contribution in [3.63, 3.8) is 0 Å². The van der Waals surface area contributed by atoms with E-state index in [1.54, 1.807) is 0 Å². The summed E-state index contributed by atoms with van der Waals surface area (Å²) in [5.41, 5.74) is 2.91. The predicted molar refractivity (Wildman–Crippen MR) is 62.6 cm³/mol. The molecule has 0 aliphatic carbocycles. The zero-order valence-corrected chi connectivity index (χ0v) is 10.9. The summed E-state index contributed by atoms with van der Waals surface area (Å²) in [6.45, 7) is 13.0. The van der Waals surface area contributed by atoms with Crippen molar-refractivity contribution in [3.05, 3.63) is 11.3 Å². The van der Waals surface area contributed by atoms with E-state index in [4.69, 9.17) is 0 Å². The van der Waals surface area contributed by atoms with E-state index in [-0.39, 0.29) is 0 Å². The zero-order valence-electron chi connectivity index (χ0n) is 9.94. The van der Waals surface area contributed by atoms with Crippen LogP contribution in [0.1, 0.15) is 33.6 Å². The molecule has 0 saturated heterocycles. The third-order valence-corrected chi connectivity index (χ3v) is 3.85. The van der Waals surface area contributed by atoms with Crippen LogP contribution >= 0.6 is 0 Å². The van der Waals surface area contributed by atoms with Crippen LogP contribution in [-0.2, 0) is 0 Å². The van der Waals surface area contributed by atoms with Crippen LogP contribution in [0.25, 0.3) is 0 Å². The number of hydrogen-bond donors (Lipinski definition) is 1. The van der Waals surface area contributed by atoms with Crippen molar-refractivity contribution in [2.24, 2.45) is 0 Å². The smallest absolute Gasteiger partial charge is 0.0845 e. The minimum absolute atomic E-state index is 0.555. The average Bonchev–Trinajstić information content (AvgIpc) is 2.00. The molecule has 0 rings (SSSR count). The SMILES string of the molecule is CCC(O)(CC)C(C)=C[Si](C)(C)C. The zero-order chi connectivity index (χ0) is 10.7. The molecule has 0 aromatic heterocycles. The van der Waals surface area contributed by atoms with Gasteiger partial charge in [-0.3, -0.25) is 0 Å². The Kier molecular flexibility index (Phi) is 4.40. The summed E-state index contributed by atoms with van der Waals surface area (Å²) < 4.78 is 0. The second-order valence-electron chi connectivity index (χ2n) is 4.93. The standard InChI is InChI=1S/C11H24OSi/c1-7-11(12,8-2)10(3)9-13(4,5)6/h9,12H,7-8H2,1-6H3. The maximum absolute atomic E-state index is 10.2. The molecular weight excluding hydrogens is 176 g/mol. The van der Waals surface area contributed by atoms with Gasteiger partial charge in [0.2, 0.25) is 0 Å². The first kappa shape index (κ1) is 12.9. The van der Waals surface area contributed by atoms with Crippen LogP contribution in [-0.4, -0.2) is 18.8 Å². The molecule has 0 unspecified atom stereocenters. The molecule has 0 spiro atoms. The number of aliphatic hydroxyl groups is 1. The van der Waals surface area contributed by atoms with Gasteiger partial charge >= 0.3 is 0 Å². The van der Waals surface area contributed by atoms with Gasteiger partial charge in [-0.2, -0.15) is 0 Å². The summed E-state index contributed by atoms with van der Waals surface area (Å²) in [6, 6.07) is 0. The van der Waals surface area contributed by atoms with Gasteiger partial charge in [0.15, 0.2) is 0 Å². The lowest BCUT2D eigenvalue weighted by Crippen LogP contribution is -2.30. The third-order valence-electron chi connectivity index (χ3n) is 2.55. The Balaban J connectivity index is 4.75. The van der Waals surface area contributed by atoms with Crippen LogP contribution < -0.4 is 0 Å². The largest absolute Gasteiger partial charge is 0.386 e. The van der Waals surface area contributed by atoms with E-state index in [1.165, 1.54) is 0 Å². The lowest BCUT2D eigenvalue weighted by molar-refractivity contribution is 0.0703. The molecule has 0 aromatic rings. The van der Waals surface area contributed by atoms with Crippen molar-refractivity contribution >= 4 is 8.07 Å². The lowest BCUT2D eigenvalue weighted by Gasteiger charge is -2.28. The van der Waals surface area contributed by atoms with Gasteiger partial charge in [-0.05, 0) is 25.3 Å². The van der Waals surface area contributed by atoms with E-state index < -0.39 is 13.7 Å². The summed E-state index contributed by atoms with van der Waals surface area (Å²) >= 11 is 0. The normalized spacial score (nSPS) is 14.8. The van der Waals surface area contributed by atoms with E-state index in [2.05, 4.69) is 32.3 Å². The summed E-state index contributed by atoms with van der Waals surface area (Å²) in [7, 11) is -1.18. The van der Waals surface area contributed by atoms with Crippen LogP contribution in [0.2, 0.25) is 19.6 Å². The number of rotatable bonds is 4. The van der Waals surface area contributed by atoms with Gasteiger partial charge in [0.1, 0.15) is 0 Å². The van der Waals surface area contributed by atoms with Gasteiger partial charge in [-0.15, -0.1) is 0 Å². The molecule has 0 aromatic carbocycles. The van der Waals surface area contributed by atoms with Gasteiger partial charge < -0.3 is 5.11 Å². The fourth-order valence-electron chi connectivity index (χ4n) is 1.59. The molecule has 0 bridgehead atoms. The van der Waals surface area contributed by atoms with Gasteiger partial charge in [-0.1, -0.05) is 39.2 Å². The van der Waals surface area contributed by atoms with E-state index in [0.717, 1.165) is 18.4 Å². The third kappa shape index (κ3) is 4.10. The van der Waals surface area contributed by atoms with Gasteiger partial charge in [0.25, 0.3) is 0 Å². The van der Waals surface area contributed by atoms with E-state index in [1.807, 2.05) is 13.8 Å². The van der Waals surface area contributed by atoms with Crippen molar-refractivity contribution in [1.29, 1.82) is 0 Å². The van der Waals surface area contributed by atoms with Crippen molar-refractivity contribution in [2.45, 2.75) is 58.9 Å². The second kappa shape index (κ2) is 4.42. The molecule has 0 amide bonds. The van der Waals surface area contributed by atoms with E-state index >= 15 is 0 Å². The molecule has 0 aliphatic rings. The highest BCUT2D eigenvalue weighted by atomic mass is 28.3. The predicted octanol–water partition coefficient (Wildman–Crippen LogP) is 3.36. The Hall–Kier alpha value is -0.0831. The van der Waals surface area contributed by atoms with E-state index in [9.17, 15) is 5.11 Å². The molecule has 78 valence electrons. The topological polar surface area (TPSA) is 20.2 Å². The second-order valence-corrected chi connectivity index (χ2v) is 9.95. The molecule has 0 saturated carbocycles. The summed E-state index contributed by atoms with van der Waals surface area (Å²) in [5, 5.41) is 10.2. The van der Waals surface area contributed by atoms with Crippen LogP contribution in [0.3, 0.4) is 0 Å². The molecule has 0 radical (unpaired) electrons. The minimum atomic E-state index is -1.18. The maximum atomic E-state index is 10.2. The summed E-state index contributed by atoms with van der Waals surface area (Å²) in [6.07, 6.45) is 1.63. The Morgan fingerprint density at radius 1 is 1.23 bits per heavy atom. The van der Waals surface area contributed by atoms with Crippen LogP contribution in [0.15, 0.2) is 11.3 Å². The van der Waals surface area contributed by atoms with Gasteiger partial charge in [0.05, 0.1) is 13.7 Å². The van der Waals surface area contributed by atoms with E-state index in [0.29, 0.717) is 0 Å². The highest BCUT2D eigenvalue weighted by Gasteiger charge is 2.25. The summed E-state index contributed by atoms with van der Waals surface area (Å²) in [4.78, 5) is 0.